The highest BCUT2D eigenvalue weighted by atomic mass is 32.1. The standard InChI is InChI=1S/C58H36N2S/c1-2-12-42(13-3-1)58-59-53(36-54(60-58)46-16-10-15-43(33-46)44-30-32-56-52(34-44)49-19-8-9-20-55(49)61-56)40-25-21-37(22-26-40)38-23-27-41(28-24-38)57-48-18-7-5-14-45(48)35-51-47-17-6-4-11-39(47)29-31-50(51)57/h1-36H. The summed E-state index contributed by atoms with van der Waals surface area (Å²) in [6, 6.07) is 78.8. The maximum absolute atomic E-state index is 5.16. The first-order valence-corrected chi connectivity index (χ1v) is 21.5. The molecule has 2 nitrogen and oxygen atoms in total. The van der Waals surface area contributed by atoms with Gasteiger partial charge in [0.05, 0.1) is 11.4 Å². The fraction of sp³-hybridized carbons (Fsp3) is 0. The predicted octanol–water partition coefficient (Wildman–Crippen LogP) is 16.3. The lowest BCUT2D eigenvalue weighted by Gasteiger charge is -2.14. The molecule has 0 unspecified atom stereocenters. The molecule has 12 rings (SSSR count). The minimum Gasteiger partial charge on any atom is -0.228 e. The molecule has 3 heteroatoms. The van der Waals surface area contributed by atoms with Crippen molar-refractivity contribution < 1.29 is 0 Å². The maximum Gasteiger partial charge on any atom is 0.160 e. The van der Waals surface area contributed by atoms with Crippen LogP contribution < -0.4 is 0 Å². The SMILES string of the molecule is c1ccc(-c2nc(-c3ccc(-c4ccc(-c5c6ccccc6cc6c5ccc5ccccc56)cc4)cc3)cc(-c3cccc(-c4ccc5sc6ccccc6c5c4)c3)n2)cc1. The zero-order chi connectivity index (χ0) is 40.3. The number of hydrogen-bond donors (Lipinski definition) is 0. The van der Waals surface area contributed by atoms with Gasteiger partial charge in [0, 0.05) is 36.9 Å². The van der Waals surface area contributed by atoms with Crippen LogP contribution in [0.5, 0.6) is 0 Å². The van der Waals surface area contributed by atoms with E-state index in [0.717, 1.165) is 39.2 Å². The van der Waals surface area contributed by atoms with Crippen molar-refractivity contribution in [2.75, 3.05) is 0 Å². The maximum atomic E-state index is 5.16. The van der Waals surface area contributed by atoms with Gasteiger partial charge in [0.25, 0.3) is 0 Å². The number of nitrogens with zero attached hydrogens (tertiary/aromatic N) is 2. The van der Waals surface area contributed by atoms with Crippen molar-refractivity contribution in [3.8, 4) is 67.3 Å². The van der Waals surface area contributed by atoms with Gasteiger partial charge < -0.3 is 0 Å². The number of fused-ring (bicyclic) bond motifs is 7. The summed E-state index contributed by atoms with van der Waals surface area (Å²) in [5, 5.41) is 10.2. The largest absolute Gasteiger partial charge is 0.228 e. The van der Waals surface area contributed by atoms with Crippen LogP contribution in [0, 0.1) is 0 Å². The smallest absolute Gasteiger partial charge is 0.160 e. The molecule has 0 bridgehead atoms. The third-order valence-corrected chi connectivity index (χ3v) is 13.2. The van der Waals surface area contributed by atoms with Crippen LogP contribution in [0.2, 0.25) is 0 Å². The molecular weight excluding hydrogens is 757 g/mol. The van der Waals surface area contributed by atoms with E-state index in [4.69, 9.17) is 9.97 Å². The fourth-order valence-electron chi connectivity index (χ4n) is 9.02. The molecule has 0 radical (unpaired) electrons. The number of aromatic nitrogens is 2. The minimum absolute atomic E-state index is 0.707. The first-order chi connectivity index (χ1) is 30.2. The highest BCUT2D eigenvalue weighted by Gasteiger charge is 2.15. The van der Waals surface area contributed by atoms with Crippen molar-refractivity contribution >= 4 is 63.8 Å². The highest BCUT2D eigenvalue weighted by molar-refractivity contribution is 7.25. The average Bonchev–Trinajstić information content (AvgIpc) is 3.72. The summed E-state index contributed by atoms with van der Waals surface area (Å²) in [7, 11) is 0. The van der Waals surface area contributed by atoms with E-state index in [0.29, 0.717) is 5.82 Å². The lowest BCUT2D eigenvalue weighted by molar-refractivity contribution is 1.18. The molecule has 12 aromatic rings. The van der Waals surface area contributed by atoms with Gasteiger partial charge in [-0.1, -0.05) is 182 Å². The zero-order valence-electron chi connectivity index (χ0n) is 33.1. The zero-order valence-corrected chi connectivity index (χ0v) is 33.9. The molecule has 0 fully saturated rings. The molecule has 10 aromatic carbocycles. The molecule has 2 heterocycles. The third kappa shape index (κ3) is 6.26. The second-order valence-corrected chi connectivity index (χ2v) is 16.8. The summed E-state index contributed by atoms with van der Waals surface area (Å²) in [6.45, 7) is 0. The monoisotopic (exact) mass is 792 g/mol. The summed E-state index contributed by atoms with van der Waals surface area (Å²) in [4.78, 5) is 10.3. The van der Waals surface area contributed by atoms with E-state index >= 15 is 0 Å². The van der Waals surface area contributed by atoms with E-state index in [1.165, 1.54) is 74.7 Å². The summed E-state index contributed by atoms with van der Waals surface area (Å²) in [6.07, 6.45) is 0. The Kier molecular flexibility index (Phi) is 8.39. The van der Waals surface area contributed by atoms with Crippen LogP contribution in [-0.4, -0.2) is 9.97 Å². The third-order valence-electron chi connectivity index (χ3n) is 12.1. The molecule has 2 aromatic heterocycles. The van der Waals surface area contributed by atoms with Crippen molar-refractivity contribution in [1.29, 1.82) is 0 Å². The first kappa shape index (κ1) is 35.2. The van der Waals surface area contributed by atoms with Gasteiger partial charge in [0.2, 0.25) is 0 Å². The van der Waals surface area contributed by atoms with Crippen LogP contribution in [0.25, 0.3) is 120 Å². The van der Waals surface area contributed by atoms with Gasteiger partial charge in [-0.15, -0.1) is 11.3 Å². The molecule has 0 aliphatic rings. The summed E-state index contributed by atoms with van der Waals surface area (Å²) < 4.78 is 2.62. The Bertz CT molecular complexity index is 3620. The van der Waals surface area contributed by atoms with Crippen molar-refractivity contribution in [2.24, 2.45) is 0 Å². The van der Waals surface area contributed by atoms with Gasteiger partial charge in [0.1, 0.15) is 0 Å². The van der Waals surface area contributed by atoms with E-state index in [1.807, 2.05) is 29.5 Å². The number of benzene rings is 10. The van der Waals surface area contributed by atoms with Gasteiger partial charge in [-0.25, -0.2) is 9.97 Å². The van der Waals surface area contributed by atoms with Crippen molar-refractivity contribution in [3.05, 3.63) is 218 Å². The Hall–Kier alpha value is -7.72. The molecular formula is C58H36N2S. The molecule has 0 aliphatic carbocycles. The topological polar surface area (TPSA) is 25.8 Å². The molecule has 0 atom stereocenters. The van der Waals surface area contributed by atoms with E-state index in [2.05, 4.69) is 200 Å². The lowest BCUT2D eigenvalue weighted by atomic mass is 9.89. The number of hydrogen-bond acceptors (Lipinski definition) is 3. The Balaban J connectivity index is 0.898. The van der Waals surface area contributed by atoms with Gasteiger partial charge in [-0.3, -0.25) is 0 Å². The molecule has 0 saturated heterocycles. The number of rotatable bonds is 6. The average molecular weight is 793 g/mol. The van der Waals surface area contributed by atoms with Gasteiger partial charge in [0.15, 0.2) is 5.82 Å². The van der Waals surface area contributed by atoms with Crippen LogP contribution in [0.1, 0.15) is 0 Å². The molecule has 0 N–H and O–H groups in total. The second-order valence-electron chi connectivity index (χ2n) is 15.7. The summed E-state index contributed by atoms with van der Waals surface area (Å²) >= 11 is 1.85. The Morgan fingerprint density at radius 3 is 1.64 bits per heavy atom. The van der Waals surface area contributed by atoms with Crippen LogP contribution >= 0.6 is 11.3 Å². The van der Waals surface area contributed by atoms with Crippen molar-refractivity contribution in [1.82, 2.24) is 9.97 Å². The van der Waals surface area contributed by atoms with E-state index in [-0.39, 0.29) is 0 Å². The van der Waals surface area contributed by atoms with Crippen LogP contribution in [-0.2, 0) is 0 Å². The predicted molar refractivity (Wildman–Crippen MR) is 260 cm³/mol. The molecule has 61 heavy (non-hydrogen) atoms. The van der Waals surface area contributed by atoms with E-state index in [1.54, 1.807) is 0 Å². The van der Waals surface area contributed by atoms with E-state index < -0.39 is 0 Å². The Morgan fingerprint density at radius 1 is 0.262 bits per heavy atom. The van der Waals surface area contributed by atoms with Crippen LogP contribution in [0.4, 0.5) is 0 Å². The van der Waals surface area contributed by atoms with E-state index in [9.17, 15) is 0 Å². The summed E-state index contributed by atoms with van der Waals surface area (Å²) in [5.74, 6) is 0.707. The van der Waals surface area contributed by atoms with Gasteiger partial charge >= 0.3 is 0 Å². The fourth-order valence-corrected chi connectivity index (χ4v) is 10.1. The molecule has 0 spiro atoms. The van der Waals surface area contributed by atoms with Gasteiger partial charge in [-0.2, -0.15) is 0 Å². The normalized spacial score (nSPS) is 11.6. The Labute approximate surface area is 357 Å². The number of thiophene rings is 1. The Morgan fingerprint density at radius 2 is 0.836 bits per heavy atom. The molecule has 0 amide bonds. The van der Waals surface area contributed by atoms with Crippen LogP contribution in [0.3, 0.4) is 0 Å². The minimum atomic E-state index is 0.707. The van der Waals surface area contributed by atoms with Crippen LogP contribution in [0.15, 0.2) is 218 Å². The first-order valence-electron chi connectivity index (χ1n) is 20.7. The molecule has 284 valence electrons. The second kappa shape index (κ2) is 14.5. The van der Waals surface area contributed by atoms with Crippen molar-refractivity contribution in [2.45, 2.75) is 0 Å². The van der Waals surface area contributed by atoms with Crippen molar-refractivity contribution in [3.63, 3.8) is 0 Å². The lowest BCUT2D eigenvalue weighted by Crippen LogP contribution is -1.96. The van der Waals surface area contributed by atoms with Gasteiger partial charge in [-0.05, 0) is 102 Å². The highest BCUT2D eigenvalue weighted by Crippen LogP contribution is 2.41. The molecule has 0 aliphatic heterocycles. The quantitative estimate of drug-likeness (QED) is 0.124. The molecule has 0 saturated carbocycles. The summed E-state index contributed by atoms with van der Waals surface area (Å²) in [5.41, 5.74) is 12.0.